The van der Waals surface area contributed by atoms with Crippen LogP contribution in [0.15, 0.2) is 34.2 Å². The van der Waals surface area contributed by atoms with Crippen LogP contribution in [0.5, 0.6) is 0 Å². The largest absolute Gasteiger partial charge is 0.356 e. The maximum Gasteiger partial charge on any atom is 0.259 e. The van der Waals surface area contributed by atoms with Crippen LogP contribution < -0.4 is 10.9 Å². The van der Waals surface area contributed by atoms with E-state index in [1.165, 1.54) is 31.0 Å². The Hall–Kier alpha value is -1.82. The molecule has 2 aromatic rings. The zero-order valence-corrected chi connectivity index (χ0v) is 15.0. The van der Waals surface area contributed by atoms with Crippen molar-refractivity contribution in [2.24, 2.45) is 0 Å². The second-order valence-electron chi connectivity index (χ2n) is 5.75. The minimum absolute atomic E-state index is 0.104. The van der Waals surface area contributed by atoms with E-state index in [9.17, 15) is 9.59 Å². The van der Waals surface area contributed by atoms with E-state index in [1.807, 2.05) is 18.2 Å². The average molecular weight is 347 g/mol. The Kier molecular flexibility index (Phi) is 7.82. The van der Waals surface area contributed by atoms with Gasteiger partial charge in [0, 0.05) is 18.7 Å². The third kappa shape index (κ3) is 6.00. The molecule has 1 amide bonds. The standard InChI is InChI=1S/C18H25N3O2S/c1-2-3-4-7-12-19-16(22)11-8-13-24-18-20-15-10-6-5-9-14(15)17(23)21-18/h5-6,9-10H,2-4,7-8,11-13H2,1H3,(H,19,22)(H,20,21,23). The number of H-pyrrole nitrogens is 1. The Morgan fingerprint density at radius 3 is 2.88 bits per heavy atom. The van der Waals surface area contributed by atoms with Gasteiger partial charge < -0.3 is 10.3 Å². The molecule has 0 radical (unpaired) electrons. The number of para-hydroxylation sites is 1. The Bertz CT molecular complexity index is 715. The molecule has 0 aliphatic heterocycles. The number of carbonyl (C=O) groups is 1. The van der Waals surface area contributed by atoms with Crippen LogP contribution in [0.25, 0.3) is 10.9 Å². The number of fused-ring (bicyclic) bond motifs is 1. The molecule has 0 bridgehead atoms. The molecule has 0 saturated carbocycles. The van der Waals surface area contributed by atoms with Gasteiger partial charge in [-0.2, -0.15) is 0 Å². The maximum atomic E-state index is 12.0. The summed E-state index contributed by atoms with van der Waals surface area (Å²) in [6.07, 6.45) is 5.93. The molecule has 0 fully saturated rings. The molecule has 0 spiro atoms. The Balaban J connectivity index is 1.69. The summed E-state index contributed by atoms with van der Waals surface area (Å²) in [5.74, 6) is 0.858. The van der Waals surface area contributed by atoms with Gasteiger partial charge in [-0.15, -0.1) is 0 Å². The van der Waals surface area contributed by atoms with Crippen LogP contribution in [-0.2, 0) is 4.79 Å². The van der Waals surface area contributed by atoms with Gasteiger partial charge in [-0.3, -0.25) is 9.59 Å². The van der Waals surface area contributed by atoms with E-state index < -0.39 is 0 Å². The Morgan fingerprint density at radius 2 is 2.04 bits per heavy atom. The minimum Gasteiger partial charge on any atom is -0.356 e. The van der Waals surface area contributed by atoms with Gasteiger partial charge in [-0.25, -0.2) is 4.98 Å². The van der Waals surface area contributed by atoms with Crippen molar-refractivity contribution in [1.82, 2.24) is 15.3 Å². The first-order chi connectivity index (χ1) is 11.7. The lowest BCUT2D eigenvalue weighted by molar-refractivity contribution is -0.121. The minimum atomic E-state index is -0.118. The zero-order chi connectivity index (χ0) is 17.2. The number of thioether (sulfide) groups is 1. The molecule has 0 atom stereocenters. The van der Waals surface area contributed by atoms with Crippen LogP contribution in [0.4, 0.5) is 0 Å². The predicted molar refractivity (Wildman–Crippen MR) is 99.5 cm³/mol. The highest BCUT2D eigenvalue weighted by Crippen LogP contribution is 2.16. The second-order valence-corrected chi connectivity index (χ2v) is 6.83. The fourth-order valence-electron chi connectivity index (χ4n) is 2.40. The van der Waals surface area contributed by atoms with Crippen LogP contribution in [0.2, 0.25) is 0 Å². The molecule has 0 saturated heterocycles. The van der Waals surface area contributed by atoms with E-state index in [2.05, 4.69) is 22.2 Å². The number of aromatic amines is 1. The lowest BCUT2D eigenvalue weighted by Crippen LogP contribution is -2.24. The van der Waals surface area contributed by atoms with Crippen molar-refractivity contribution in [2.75, 3.05) is 12.3 Å². The smallest absolute Gasteiger partial charge is 0.259 e. The van der Waals surface area contributed by atoms with Gasteiger partial charge in [-0.05, 0) is 25.0 Å². The number of benzene rings is 1. The van der Waals surface area contributed by atoms with Crippen LogP contribution in [0.3, 0.4) is 0 Å². The van der Waals surface area contributed by atoms with Gasteiger partial charge >= 0.3 is 0 Å². The summed E-state index contributed by atoms with van der Waals surface area (Å²) in [4.78, 5) is 30.9. The summed E-state index contributed by atoms with van der Waals surface area (Å²) in [5, 5.41) is 4.16. The average Bonchev–Trinajstić information content (AvgIpc) is 2.59. The number of rotatable bonds is 10. The van der Waals surface area contributed by atoms with Crippen molar-refractivity contribution in [3.05, 3.63) is 34.6 Å². The van der Waals surface area contributed by atoms with E-state index in [-0.39, 0.29) is 11.5 Å². The highest BCUT2D eigenvalue weighted by molar-refractivity contribution is 7.99. The fourth-order valence-corrected chi connectivity index (χ4v) is 3.21. The summed E-state index contributed by atoms with van der Waals surface area (Å²) < 4.78 is 0. The number of nitrogens with zero attached hydrogens (tertiary/aromatic N) is 1. The highest BCUT2D eigenvalue weighted by atomic mass is 32.2. The molecular weight excluding hydrogens is 322 g/mol. The third-order valence-corrected chi connectivity index (χ3v) is 4.69. The second kappa shape index (κ2) is 10.1. The molecule has 6 heteroatoms. The molecule has 0 aliphatic rings. The first-order valence-corrected chi connectivity index (χ1v) is 9.58. The van der Waals surface area contributed by atoms with Crippen molar-refractivity contribution in [1.29, 1.82) is 0 Å². The summed E-state index contributed by atoms with van der Waals surface area (Å²) in [6, 6.07) is 7.29. The third-order valence-electron chi connectivity index (χ3n) is 3.73. The number of aromatic nitrogens is 2. The first kappa shape index (κ1) is 18.5. The first-order valence-electron chi connectivity index (χ1n) is 8.59. The van der Waals surface area contributed by atoms with Crippen LogP contribution in [0.1, 0.15) is 45.4 Å². The number of unbranched alkanes of at least 4 members (excludes halogenated alkanes) is 3. The molecule has 24 heavy (non-hydrogen) atoms. The Labute approximate surface area is 146 Å². The van der Waals surface area contributed by atoms with Crippen LogP contribution in [-0.4, -0.2) is 28.2 Å². The Morgan fingerprint density at radius 1 is 1.21 bits per heavy atom. The normalized spacial score (nSPS) is 10.9. The summed E-state index contributed by atoms with van der Waals surface area (Å²) in [7, 11) is 0. The van der Waals surface area contributed by atoms with E-state index in [0.717, 1.165) is 25.1 Å². The molecule has 2 N–H and O–H groups in total. The van der Waals surface area contributed by atoms with E-state index in [4.69, 9.17) is 0 Å². The van der Waals surface area contributed by atoms with Gasteiger partial charge in [0.1, 0.15) is 0 Å². The molecule has 1 aromatic carbocycles. The molecule has 1 aromatic heterocycles. The summed E-state index contributed by atoms with van der Waals surface area (Å²) in [6.45, 7) is 2.94. The number of hydrogen-bond acceptors (Lipinski definition) is 4. The molecule has 0 aliphatic carbocycles. The molecule has 0 unspecified atom stereocenters. The van der Waals surface area contributed by atoms with Crippen molar-refractivity contribution in [3.63, 3.8) is 0 Å². The van der Waals surface area contributed by atoms with E-state index in [1.54, 1.807) is 6.07 Å². The van der Waals surface area contributed by atoms with Crippen LogP contribution in [0, 0.1) is 0 Å². The van der Waals surface area contributed by atoms with Gasteiger partial charge in [-0.1, -0.05) is 50.1 Å². The van der Waals surface area contributed by atoms with Crippen molar-refractivity contribution >= 4 is 28.6 Å². The fraction of sp³-hybridized carbons (Fsp3) is 0.500. The monoisotopic (exact) mass is 347 g/mol. The maximum absolute atomic E-state index is 12.0. The van der Waals surface area contributed by atoms with Gasteiger partial charge in [0.05, 0.1) is 10.9 Å². The summed E-state index contributed by atoms with van der Waals surface area (Å²) >= 11 is 1.48. The number of hydrogen-bond donors (Lipinski definition) is 2. The molecule has 2 rings (SSSR count). The number of carbonyl (C=O) groups excluding carboxylic acids is 1. The topological polar surface area (TPSA) is 74.8 Å². The molecule has 5 nitrogen and oxygen atoms in total. The summed E-state index contributed by atoms with van der Waals surface area (Å²) in [5.41, 5.74) is 0.585. The molecule has 130 valence electrons. The lowest BCUT2D eigenvalue weighted by atomic mass is 10.2. The zero-order valence-electron chi connectivity index (χ0n) is 14.1. The van der Waals surface area contributed by atoms with Gasteiger partial charge in [0.2, 0.25) is 5.91 Å². The number of amides is 1. The van der Waals surface area contributed by atoms with Crippen LogP contribution >= 0.6 is 11.8 Å². The van der Waals surface area contributed by atoms with Crippen molar-refractivity contribution in [2.45, 2.75) is 50.6 Å². The molecular formula is C18H25N3O2S. The van der Waals surface area contributed by atoms with E-state index in [0.29, 0.717) is 22.5 Å². The number of nitrogens with one attached hydrogen (secondary N) is 2. The van der Waals surface area contributed by atoms with E-state index >= 15 is 0 Å². The van der Waals surface area contributed by atoms with Crippen molar-refractivity contribution in [3.8, 4) is 0 Å². The SMILES string of the molecule is CCCCCCNC(=O)CCCSc1nc2ccccc2c(=O)[nH]1. The highest BCUT2D eigenvalue weighted by Gasteiger charge is 2.05. The van der Waals surface area contributed by atoms with Crippen molar-refractivity contribution < 1.29 is 4.79 Å². The van der Waals surface area contributed by atoms with Gasteiger partial charge in [0.25, 0.3) is 5.56 Å². The van der Waals surface area contributed by atoms with Gasteiger partial charge in [0.15, 0.2) is 5.16 Å². The molecule has 1 heterocycles. The lowest BCUT2D eigenvalue weighted by Gasteiger charge is -2.05. The quantitative estimate of drug-likeness (QED) is 0.392. The predicted octanol–water partition coefficient (Wildman–Crippen LogP) is 3.49.